The van der Waals surface area contributed by atoms with Crippen LogP contribution in [0.2, 0.25) is 10.0 Å². The molecule has 0 radical (unpaired) electrons. The fraction of sp³-hybridized carbons (Fsp3) is 0.303. The van der Waals surface area contributed by atoms with E-state index in [1.54, 1.807) is 24.1 Å². The topological polar surface area (TPSA) is 84.5 Å². The van der Waals surface area contributed by atoms with Gasteiger partial charge in [0, 0.05) is 48.3 Å². The summed E-state index contributed by atoms with van der Waals surface area (Å²) < 4.78 is 50.2. The van der Waals surface area contributed by atoms with Gasteiger partial charge in [0.05, 0.1) is 49.9 Å². The molecule has 12 heteroatoms. The Kier molecular flexibility index (Phi) is 7.64. The molecule has 1 fully saturated rings. The smallest absolute Gasteiger partial charge is 0.261 e. The van der Waals surface area contributed by atoms with Crippen molar-refractivity contribution < 1.29 is 18.0 Å². The number of anilines is 2. The van der Waals surface area contributed by atoms with Gasteiger partial charge in [-0.25, -0.2) is 13.2 Å². The molecule has 2 aromatic heterocycles. The molecule has 234 valence electrons. The van der Waals surface area contributed by atoms with Crippen molar-refractivity contribution in [1.29, 1.82) is 0 Å². The number of carbonyl (C=O) groups is 1. The highest BCUT2D eigenvalue weighted by atomic mass is 35.5. The summed E-state index contributed by atoms with van der Waals surface area (Å²) in [6.45, 7) is 11.6. The molecule has 45 heavy (non-hydrogen) atoms. The summed E-state index contributed by atoms with van der Waals surface area (Å²) in [6.07, 6.45) is 3.09. The minimum absolute atomic E-state index is 0.117. The Balaban J connectivity index is 1.76. The minimum Gasteiger partial charge on any atom is -0.397 e. The van der Waals surface area contributed by atoms with Crippen molar-refractivity contribution in [3.8, 4) is 16.8 Å². The van der Waals surface area contributed by atoms with E-state index in [-0.39, 0.29) is 52.8 Å². The monoisotopic (exact) mass is 655 g/mol. The third kappa shape index (κ3) is 4.60. The highest BCUT2D eigenvalue weighted by Crippen LogP contribution is 2.46. The van der Waals surface area contributed by atoms with Crippen LogP contribution in [-0.2, 0) is 11.2 Å². The van der Waals surface area contributed by atoms with Gasteiger partial charge < -0.3 is 15.5 Å². The maximum atomic E-state index is 17.2. The third-order valence-corrected chi connectivity index (χ3v) is 9.42. The van der Waals surface area contributed by atoms with Gasteiger partial charge in [0.1, 0.15) is 5.82 Å². The van der Waals surface area contributed by atoms with Gasteiger partial charge in [-0.05, 0) is 49.6 Å². The summed E-state index contributed by atoms with van der Waals surface area (Å²) in [7, 11) is 0. The molecule has 7 nitrogen and oxygen atoms in total. The lowest BCUT2D eigenvalue weighted by atomic mass is 9.97. The fourth-order valence-corrected chi connectivity index (χ4v) is 7.21. The van der Waals surface area contributed by atoms with Crippen LogP contribution in [0.5, 0.6) is 0 Å². The standard InChI is InChI=1S/C33H30Cl2F3N5O2/c1-6-23(44)41-13-17-9-19-31(42(17)12-16(41)5)18-10-22(36)24(25-26(37)20(34)11-21(35)28(25)39)27(38)32(18)43(33(19)45)30-15(4)7-8-40-29(30)14(2)3/h6-8,10-11,14,16-17H,1,9,12-13,39H2,2-5H3. The van der Waals surface area contributed by atoms with Gasteiger partial charge in [-0.15, -0.1) is 0 Å². The summed E-state index contributed by atoms with van der Waals surface area (Å²) in [5.74, 6) is -3.88. The lowest BCUT2D eigenvalue weighted by molar-refractivity contribution is -0.128. The summed E-state index contributed by atoms with van der Waals surface area (Å²) in [5.41, 5.74) is 5.70. The lowest BCUT2D eigenvalue weighted by Gasteiger charge is -2.43. The zero-order valence-corrected chi connectivity index (χ0v) is 26.5. The Morgan fingerprint density at radius 2 is 1.82 bits per heavy atom. The number of piperazine rings is 1. The molecule has 4 aromatic rings. The van der Waals surface area contributed by atoms with Gasteiger partial charge >= 0.3 is 0 Å². The van der Waals surface area contributed by atoms with Crippen LogP contribution in [0, 0.1) is 24.4 Å². The lowest BCUT2D eigenvalue weighted by Crippen LogP contribution is -2.57. The van der Waals surface area contributed by atoms with E-state index in [1.807, 2.05) is 25.7 Å². The van der Waals surface area contributed by atoms with Crippen molar-refractivity contribution in [2.45, 2.75) is 52.1 Å². The summed E-state index contributed by atoms with van der Waals surface area (Å²) in [6, 6.07) is 3.26. The second-order valence-electron chi connectivity index (χ2n) is 11.9. The van der Waals surface area contributed by atoms with E-state index in [0.717, 1.165) is 12.1 Å². The molecule has 2 N–H and O–H groups in total. The number of nitrogens with two attached hydrogens (primary N) is 1. The normalized spacial score (nSPS) is 17.6. The predicted octanol–water partition coefficient (Wildman–Crippen LogP) is 6.94. The zero-order chi connectivity index (χ0) is 32.6. The van der Waals surface area contributed by atoms with Gasteiger partial charge in [-0.1, -0.05) is 43.6 Å². The quantitative estimate of drug-likeness (QED) is 0.146. The highest BCUT2D eigenvalue weighted by molar-refractivity contribution is 6.37. The maximum Gasteiger partial charge on any atom is 0.261 e. The van der Waals surface area contributed by atoms with Gasteiger partial charge in [0.25, 0.3) is 5.56 Å². The number of amides is 1. The number of hydrogen-bond acceptors (Lipinski definition) is 5. The minimum atomic E-state index is -1.20. The molecule has 0 saturated carbocycles. The molecular weight excluding hydrogens is 626 g/mol. The van der Waals surface area contributed by atoms with Crippen molar-refractivity contribution >= 4 is 51.4 Å². The largest absolute Gasteiger partial charge is 0.397 e. The molecule has 2 atom stereocenters. The molecule has 2 unspecified atom stereocenters. The first-order valence-electron chi connectivity index (χ1n) is 14.5. The summed E-state index contributed by atoms with van der Waals surface area (Å²) >= 11 is 12.2. The number of benzene rings is 2. The van der Waals surface area contributed by atoms with E-state index >= 15 is 13.2 Å². The van der Waals surface area contributed by atoms with Gasteiger partial charge in [-0.3, -0.25) is 19.1 Å². The second kappa shape index (κ2) is 11.1. The van der Waals surface area contributed by atoms with Crippen molar-refractivity contribution in [2.24, 2.45) is 0 Å². The average molecular weight is 657 g/mol. The number of aromatic nitrogens is 2. The number of aryl methyl sites for hydroxylation is 1. The number of halogens is 5. The number of nitrogen functional groups attached to an aromatic ring is 1. The molecule has 1 saturated heterocycles. The molecule has 0 spiro atoms. The van der Waals surface area contributed by atoms with Crippen LogP contribution in [0.25, 0.3) is 27.7 Å². The Morgan fingerprint density at radius 1 is 1.11 bits per heavy atom. The summed E-state index contributed by atoms with van der Waals surface area (Å²) in [4.78, 5) is 35.4. The van der Waals surface area contributed by atoms with Crippen molar-refractivity contribution in [3.63, 3.8) is 0 Å². The van der Waals surface area contributed by atoms with Gasteiger partial charge in [0.15, 0.2) is 11.6 Å². The number of hydrogen-bond donors (Lipinski definition) is 1. The van der Waals surface area contributed by atoms with E-state index < -0.39 is 44.8 Å². The molecule has 0 bridgehead atoms. The number of carbonyl (C=O) groups excluding carboxylic acids is 1. The van der Waals surface area contributed by atoms with E-state index in [0.29, 0.717) is 34.7 Å². The number of fused-ring (bicyclic) bond motifs is 5. The van der Waals surface area contributed by atoms with Crippen LogP contribution in [0.1, 0.15) is 43.5 Å². The van der Waals surface area contributed by atoms with Crippen LogP contribution >= 0.6 is 23.2 Å². The van der Waals surface area contributed by atoms with E-state index in [9.17, 15) is 9.59 Å². The van der Waals surface area contributed by atoms with Crippen LogP contribution in [0.15, 0.2) is 41.8 Å². The van der Waals surface area contributed by atoms with E-state index in [2.05, 4.69) is 11.6 Å². The maximum absolute atomic E-state index is 17.2. The highest BCUT2D eigenvalue weighted by Gasteiger charge is 2.42. The average Bonchev–Trinajstić information content (AvgIpc) is 3.36. The van der Waals surface area contributed by atoms with Crippen LogP contribution in [0.3, 0.4) is 0 Å². The Bertz CT molecular complexity index is 1990. The van der Waals surface area contributed by atoms with Crippen LogP contribution in [0.4, 0.5) is 24.5 Å². The fourth-order valence-electron chi connectivity index (χ4n) is 6.75. The first kappa shape index (κ1) is 31.0. The van der Waals surface area contributed by atoms with Crippen LogP contribution < -0.4 is 16.2 Å². The molecule has 1 amide bonds. The van der Waals surface area contributed by atoms with E-state index in [1.165, 1.54) is 10.6 Å². The molecule has 0 aliphatic carbocycles. The number of rotatable bonds is 4. The van der Waals surface area contributed by atoms with Crippen molar-refractivity contribution in [2.75, 3.05) is 23.7 Å². The molecule has 6 rings (SSSR count). The first-order chi connectivity index (χ1) is 21.3. The number of nitrogens with zero attached hydrogens (tertiary/aromatic N) is 4. The SMILES string of the molecule is C=CC(=O)N1CC2Cc3c(c4cc(F)c(-c5c(N)c(Cl)cc(Cl)c5F)c(F)c4n(-c4c(C)ccnc4C(C)C)c3=O)N2CC1C. The van der Waals surface area contributed by atoms with Crippen molar-refractivity contribution in [1.82, 2.24) is 14.5 Å². The predicted molar refractivity (Wildman–Crippen MR) is 172 cm³/mol. The number of pyridine rings is 2. The van der Waals surface area contributed by atoms with Crippen molar-refractivity contribution in [3.05, 3.63) is 91.7 Å². The first-order valence-corrected chi connectivity index (χ1v) is 15.2. The molecule has 2 aromatic carbocycles. The second-order valence-corrected chi connectivity index (χ2v) is 12.7. The molecule has 2 aliphatic heterocycles. The Morgan fingerprint density at radius 3 is 2.49 bits per heavy atom. The zero-order valence-electron chi connectivity index (χ0n) is 25.0. The van der Waals surface area contributed by atoms with Crippen LogP contribution in [-0.4, -0.2) is 45.5 Å². The molecule has 4 heterocycles. The molecule has 2 aliphatic rings. The third-order valence-electron chi connectivity index (χ3n) is 8.83. The van der Waals surface area contributed by atoms with E-state index in [4.69, 9.17) is 28.9 Å². The Labute approximate surface area is 267 Å². The van der Waals surface area contributed by atoms with Gasteiger partial charge in [0.2, 0.25) is 5.91 Å². The van der Waals surface area contributed by atoms with Gasteiger partial charge in [-0.2, -0.15) is 0 Å². The molecular formula is C33H30Cl2F3N5O2. The Hall–Kier alpha value is -4.02. The summed E-state index contributed by atoms with van der Waals surface area (Å²) in [5, 5.41) is -0.536.